The molecule has 0 saturated heterocycles. The van der Waals surface area contributed by atoms with E-state index in [1.165, 1.54) is 21.5 Å². The highest BCUT2D eigenvalue weighted by Crippen LogP contribution is 2.32. The zero-order chi connectivity index (χ0) is 32.6. The lowest BCUT2D eigenvalue weighted by atomic mass is 10.0. The lowest BCUT2D eigenvalue weighted by Gasteiger charge is -2.11. The van der Waals surface area contributed by atoms with Crippen LogP contribution in [0, 0.1) is 0 Å². The monoisotopic (exact) mass is 627 g/mol. The Balaban J connectivity index is 1.16. The predicted molar refractivity (Wildman–Crippen MR) is 199 cm³/mol. The van der Waals surface area contributed by atoms with E-state index in [2.05, 4.69) is 115 Å². The molecule has 49 heavy (non-hydrogen) atoms. The van der Waals surface area contributed by atoms with Gasteiger partial charge in [-0.2, -0.15) is 0 Å². The van der Waals surface area contributed by atoms with Gasteiger partial charge >= 0.3 is 0 Å². The summed E-state index contributed by atoms with van der Waals surface area (Å²) in [7, 11) is 0. The van der Waals surface area contributed by atoms with Crippen LogP contribution in [-0.4, -0.2) is 24.7 Å². The van der Waals surface area contributed by atoms with E-state index in [0.717, 1.165) is 50.7 Å². The summed E-state index contributed by atoms with van der Waals surface area (Å²) in [4.78, 5) is 15.3. The number of nitrogens with zero attached hydrogens (tertiary/aromatic N) is 5. The van der Waals surface area contributed by atoms with E-state index in [1.807, 2.05) is 65.3 Å². The van der Waals surface area contributed by atoms with Crippen molar-refractivity contribution >= 4 is 21.5 Å². The summed E-state index contributed by atoms with van der Waals surface area (Å²) < 4.78 is 1.91. The molecule has 0 aliphatic heterocycles. The number of hydrogen-bond acceptors (Lipinski definition) is 4. The van der Waals surface area contributed by atoms with Gasteiger partial charge in [-0.25, -0.2) is 19.6 Å². The maximum Gasteiger partial charge on any atom is 0.182 e. The van der Waals surface area contributed by atoms with Crippen LogP contribution in [0.15, 0.2) is 176 Å². The molecule has 7 aromatic carbocycles. The number of rotatable bonds is 6. The molecule has 9 aromatic rings. The van der Waals surface area contributed by atoms with Crippen LogP contribution in [0.3, 0.4) is 0 Å². The van der Waals surface area contributed by atoms with Gasteiger partial charge in [0.1, 0.15) is 0 Å². The summed E-state index contributed by atoms with van der Waals surface area (Å²) in [5, 5.41) is 9.67. The van der Waals surface area contributed by atoms with E-state index in [0.29, 0.717) is 11.6 Å². The van der Waals surface area contributed by atoms with Crippen molar-refractivity contribution in [2.24, 2.45) is 0 Å². The number of para-hydroxylation sites is 1. The van der Waals surface area contributed by atoms with Crippen molar-refractivity contribution < 1.29 is 0 Å². The van der Waals surface area contributed by atoms with Gasteiger partial charge in [-0.1, -0.05) is 146 Å². The second-order valence-corrected chi connectivity index (χ2v) is 12.0. The molecular weight excluding hydrogens is 599 g/mol. The minimum absolute atomic E-state index is 0.662. The summed E-state index contributed by atoms with van der Waals surface area (Å²) in [5.74, 6) is 2.10. The average Bonchev–Trinajstić information content (AvgIpc) is 3.64. The van der Waals surface area contributed by atoms with Gasteiger partial charge in [-0.3, -0.25) is 0 Å². The van der Waals surface area contributed by atoms with Gasteiger partial charge in [-0.05, 0) is 51.9 Å². The van der Waals surface area contributed by atoms with E-state index in [-0.39, 0.29) is 0 Å². The highest BCUT2D eigenvalue weighted by molar-refractivity contribution is 5.89. The Morgan fingerprint density at radius 1 is 0.327 bits per heavy atom. The second-order valence-electron chi connectivity index (χ2n) is 12.0. The summed E-state index contributed by atoms with van der Waals surface area (Å²) in [6.07, 6.45) is 0. The molecule has 2 heterocycles. The Bertz CT molecular complexity index is 2490. The molecule has 2 aromatic heterocycles. The molecule has 0 bridgehead atoms. The molecule has 0 N–H and O–H groups in total. The molecule has 9 rings (SSSR count). The van der Waals surface area contributed by atoms with E-state index in [4.69, 9.17) is 20.1 Å². The van der Waals surface area contributed by atoms with Gasteiger partial charge in [0.15, 0.2) is 17.5 Å². The zero-order valence-electron chi connectivity index (χ0n) is 26.5. The highest BCUT2D eigenvalue weighted by Gasteiger charge is 2.17. The normalized spacial score (nSPS) is 11.3. The fraction of sp³-hybridized carbons (Fsp3) is 0. The van der Waals surface area contributed by atoms with Crippen molar-refractivity contribution in [1.82, 2.24) is 24.7 Å². The first-order valence-corrected chi connectivity index (χ1v) is 16.3. The summed E-state index contributed by atoms with van der Waals surface area (Å²) >= 11 is 0. The van der Waals surface area contributed by atoms with Crippen LogP contribution in [-0.2, 0) is 0 Å². The summed E-state index contributed by atoms with van der Waals surface area (Å²) in [6, 6.07) is 60.4. The first-order chi connectivity index (χ1) is 24.2. The predicted octanol–water partition coefficient (Wildman–Crippen LogP) is 10.7. The van der Waals surface area contributed by atoms with E-state index in [1.54, 1.807) is 0 Å². The van der Waals surface area contributed by atoms with E-state index >= 15 is 0 Å². The maximum absolute atomic E-state index is 5.14. The molecule has 0 atom stereocenters. The standard InChI is InChI=1S/C44H29N5/c1-3-13-32(14-4-1)43-47-44(49(48-43)39-17-5-2-6-18-39)34-23-21-33(22-24-34)42-45-40(37-25-19-30-11-7-9-15-35(30)27-37)29-41(46-42)38-26-20-31-12-8-10-16-36(31)28-38/h1-29H. The Hall–Kier alpha value is -6.72. The highest BCUT2D eigenvalue weighted by atomic mass is 15.4. The van der Waals surface area contributed by atoms with Gasteiger partial charge in [-0.15, -0.1) is 5.10 Å². The van der Waals surface area contributed by atoms with Crippen molar-refractivity contribution in [3.63, 3.8) is 0 Å². The van der Waals surface area contributed by atoms with Gasteiger partial charge in [0, 0.05) is 27.8 Å². The van der Waals surface area contributed by atoms with E-state index in [9.17, 15) is 0 Å². The Morgan fingerprint density at radius 3 is 1.39 bits per heavy atom. The Kier molecular flexibility index (Phi) is 7.06. The Morgan fingerprint density at radius 2 is 0.796 bits per heavy atom. The molecule has 0 aliphatic rings. The van der Waals surface area contributed by atoms with Crippen LogP contribution >= 0.6 is 0 Å². The van der Waals surface area contributed by atoms with Crippen LogP contribution in [0.2, 0.25) is 0 Å². The summed E-state index contributed by atoms with van der Waals surface area (Å²) in [6.45, 7) is 0. The number of fused-ring (bicyclic) bond motifs is 2. The molecule has 0 unspecified atom stereocenters. The van der Waals surface area contributed by atoms with Gasteiger partial charge in [0.05, 0.1) is 17.1 Å². The molecule has 5 heteroatoms. The van der Waals surface area contributed by atoms with Crippen LogP contribution < -0.4 is 0 Å². The van der Waals surface area contributed by atoms with Crippen LogP contribution in [0.4, 0.5) is 0 Å². The molecule has 0 amide bonds. The third kappa shape index (κ3) is 5.53. The van der Waals surface area contributed by atoms with Crippen molar-refractivity contribution in [3.8, 4) is 62.4 Å². The molecule has 0 fully saturated rings. The number of benzene rings is 7. The minimum Gasteiger partial charge on any atom is -0.228 e. The van der Waals surface area contributed by atoms with Crippen LogP contribution in [0.5, 0.6) is 0 Å². The quantitative estimate of drug-likeness (QED) is 0.184. The fourth-order valence-corrected chi connectivity index (χ4v) is 6.30. The smallest absolute Gasteiger partial charge is 0.182 e. The molecule has 0 aliphatic carbocycles. The van der Waals surface area contributed by atoms with Crippen LogP contribution in [0.25, 0.3) is 83.9 Å². The largest absolute Gasteiger partial charge is 0.228 e. The third-order valence-corrected chi connectivity index (χ3v) is 8.86. The lowest BCUT2D eigenvalue weighted by Crippen LogP contribution is -1.99. The Labute approximate surface area is 283 Å². The molecule has 0 saturated carbocycles. The van der Waals surface area contributed by atoms with Crippen molar-refractivity contribution in [2.45, 2.75) is 0 Å². The molecule has 0 spiro atoms. The van der Waals surface area contributed by atoms with Crippen molar-refractivity contribution in [2.75, 3.05) is 0 Å². The number of aromatic nitrogens is 5. The molecule has 5 nitrogen and oxygen atoms in total. The van der Waals surface area contributed by atoms with E-state index < -0.39 is 0 Å². The van der Waals surface area contributed by atoms with Gasteiger partial charge in [0.2, 0.25) is 0 Å². The van der Waals surface area contributed by atoms with Crippen molar-refractivity contribution in [3.05, 3.63) is 176 Å². The first kappa shape index (κ1) is 28.5. The molecule has 0 radical (unpaired) electrons. The minimum atomic E-state index is 0.662. The third-order valence-electron chi connectivity index (χ3n) is 8.86. The molecule has 230 valence electrons. The van der Waals surface area contributed by atoms with Crippen LogP contribution in [0.1, 0.15) is 0 Å². The lowest BCUT2D eigenvalue weighted by molar-refractivity contribution is 0.890. The topological polar surface area (TPSA) is 56.5 Å². The van der Waals surface area contributed by atoms with Gasteiger partial charge < -0.3 is 0 Å². The van der Waals surface area contributed by atoms with Gasteiger partial charge in [0.25, 0.3) is 0 Å². The fourth-order valence-electron chi connectivity index (χ4n) is 6.30. The molecular formula is C44H29N5. The summed E-state index contributed by atoms with van der Waals surface area (Å²) in [5.41, 5.74) is 7.62. The average molecular weight is 628 g/mol. The first-order valence-electron chi connectivity index (χ1n) is 16.3. The number of hydrogen-bond donors (Lipinski definition) is 0. The maximum atomic E-state index is 5.14. The van der Waals surface area contributed by atoms with Crippen molar-refractivity contribution in [1.29, 1.82) is 0 Å². The second kappa shape index (κ2) is 12.1. The zero-order valence-corrected chi connectivity index (χ0v) is 26.5. The SMILES string of the molecule is c1ccc(-c2nc(-c3ccc(-c4nc(-c5ccc6ccccc6c5)cc(-c5ccc6ccccc6c5)n4)cc3)n(-c3ccccc3)n2)cc1.